The van der Waals surface area contributed by atoms with E-state index in [-0.39, 0.29) is 22.5 Å². The van der Waals surface area contributed by atoms with Crippen molar-refractivity contribution >= 4 is 28.1 Å². The molecule has 1 amide bonds. The van der Waals surface area contributed by atoms with Crippen LogP contribution in [0, 0.1) is 0 Å². The van der Waals surface area contributed by atoms with Gasteiger partial charge in [0.15, 0.2) is 11.5 Å². The molecule has 0 radical (unpaired) electrons. The highest BCUT2D eigenvalue weighted by molar-refractivity contribution is 9.10. The van der Waals surface area contributed by atoms with Crippen LogP contribution in [-0.2, 0) is 0 Å². The molecule has 0 aliphatic heterocycles. The Hall–Kier alpha value is -2.38. The highest BCUT2D eigenvalue weighted by Crippen LogP contribution is 2.24. The summed E-state index contributed by atoms with van der Waals surface area (Å²) < 4.78 is 0.957. The van der Waals surface area contributed by atoms with E-state index in [2.05, 4.69) is 26.5 Å². The van der Waals surface area contributed by atoms with Gasteiger partial charge in [-0.15, -0.1) is 0 Å². The lowest BCUT2D eigenvalue weighted by atomic mass is 10.2. The van der Waals surface area contributed by atoms with Gasteiger partial charge in [-0.3, -0.25) is 4.79 Å². The summed E-state index contributed by atoms with van der Waals surface area (Å²) in [5.74, 6) is -1.11. The zero-order chi connectivity index (χ0) is 14.5. The molecule has 21 heavy (non-hydrogen) atoms. The van der Waals surface area contributed by atoms with Gasteiger partial charge in [0.25, 0.3) is 5.91 Å². The van der Waals surface area contributed by atoms with Gasteiger partial charge in [0, 0.05) is 10.0 Å². The summed E-state index contributed by atoms with van der Waals surface area (Å²) in [6, 6.07) is 11.2. The van der Waals surface area contributed by atoms with Crippen LogP contribution in [0.5, 0.6) is 11.5 Å². The van der Waals surface area contributed by atoms with Crippen molar-refractivity contribution in [3.05, 3.63) is 58.1 Å². The van der Waals surface area contributed by atoms with Crippen LogP contribution in [0.4, 0.5) is 0 Å². The molecule has 0 spiro atoms. The van der Waals surface area contributed by atoms with E-state index < -0.39 is 5.91 Å². The van der Waals surface area contributed by atoms with E-state index in [0.717, 1.165) is 10.0 Å². The number of benzene rings is 2. The topological polar surface area (TPSA) is 113 Å². The largest absolute Gasteiger partial charge is 0.504 e. The molecule has 0 atom stereocenters. The first-order chi connectivity index (χ1) is 9.56. The van der Waals surface area contributed by atoms with Gasteiger partial charge in [-0.25, -0.2) is 5.43 Å². The van der Waals surface area contributed by atoms with Crippen molar-refractivity contribution < 1.29 is 20.5 Å². The molecule has 0 saturated heterocycles. The van der Waals surface area contributed by atoms with Crippen LogP contribution in [0.2, 0.25) is 0 Å². The van der Waals surface area contributed by atoms with E-state index in [1.54, 1.807) is 0 Å². The molecule has 0 fully saturated rings. The van der Waals surface area contributed by atoms with Crippen molar-refractivity contribution in [1.82, 2.24) is 5.43 Å². The average molecular weight is 353 g/mol. The van der Waals surface area contributed by atoms with Gasteiger partial charge in [-0.05, 0) is 35.9 Å². The Bertz CT molecular complexity index is 657. The third kappa shape index (κ3) is 4.59. The quantitative estimate of drug-likeness (QED) is 0.444. The molecule has 0 heterocycles. The minimum absolute atomic E-state index is 0. The second kappa shape index (κ2) is 7.41. The minimum Gasteiger partial charge on any atom is -0.504 e. The fraction of sp³-hybridized carbons (Fsp3) is 0. The number of rotatable bonds is 3. The predicted molar refractivity (Wildman–Crippen MR) is 82.6 cm³/mol. The van der Waals surface area contributed by atoms with Gasteiger partial charge in [0.05, 0.1) is 6.21 Å². The molecule has 0 saturated carbocycles. The van der Waals surface area contributed by atoms with Gasteiger partial charge >= 0.3 is 0 Å². The number of hydrogen-bond acceptors (Lipinski definition) is 4. The van der Waals surface area contributed by atoms with Crippen molar-refractivity contribution in [1.29, 1.82) is 0 Å². The summed E-state index contributed by atoms with van der Waals surface area (Å²) in [5.41, 5.74) is 3.37. The van der Waals surface area contributed by atoms with E-state index in [9.17, 15) is 9.90 Å². The number of halogens is 1. The second-order valence-corrected chi connectivity index (χ2v) is 4.87. The Morgan fingerprint density at radius 1 is 1.10 bits per heavy atom. The molecule has 0 aliphatic carbocycles. The molecule has 110 valence electrons. The van der Waals surface area contributed by atoms with Crippen LogP contribution in [0.3, 0.4) is 0 Å². The number of hydrogen-bond donors (Lipinski definition) is 3. The Kier molecular flexibility index (Phi) is 5.89. The van der Waals surface area contributed by atoms with Crippen molar-refractivity contribution in [2.45, 2.75) is 0 Å². The van der Waals surface area contributed by atoms with Crippen molar-refractivity contribution in [2.75, 3.05) is 0 Å². The molecule has 2 aromatic carbocycles. The predicted octanol–water partition coefficient (Wildman–Crippen LogP) is 1.80. The standard InChI is InChI=1S/C14H11BrN2O3.H2O/c15-11-4-1-9(2-5-11)8-16-17-14(20)10-3-6-12(18)13(19)7-10;/h1-8,18-19H,(H,17,20);1H2/b16-8+;. The number of nitrogens with zero attached hydrogens (tertiary/aromatic N) is 1. The van der Waals surface area contributed by atoms with Crippen LogP contribution in [-0.4, -0.2) is 27.8 Å². The zero-order valence-electron chi connectivity index (χ0n) is 10.7. The summed E-state index contributed by atoms with van der Waals surface area (Å²) in [6.45, 7) is 0. The number of phenols is 2. The van der Waals surface area contributed by atoms with Gasteiger partial charge < -0.3 is 15.7 Å². The maximum Gasteiger partial charge on any atom is 0.271 e. The van der Waals surface area contributed by atoms with Crippen molar-refractivity contribution in [3.8, 4) is 11.5 Å². The lowest BCUT2D eigenvalue weighted by Crippen LogP contribution is -2.17. The number of amides is 1. The van der Waals surface area contributed by atoms with Crippen LogP contribution in [0.1, 0.15) is 15.9 Å². The second-order valence-electron chi connectivity index (χ2n) is 3.95. The van der Waals surface area contributed by atoms with E-state index in [1.165, 1.54) is 24.4 Å². The highest BCUT2D eigenvalue weighted by Gasteiger charge is 2.07. The third-order valence-electron chi connectivity index (χ3n) is 2.49. The SMILES string of the molecule is O.O=C(N/N=C/c1ccc(Br)cc1)c1ccc(O)c(O)c1. The maximum absolute atomic E-state index is 11.7. The summed E-state index contributed by atoms with van der Waals surface area (Å²) >= 11 is 3.32. The van der Waals surface area contributed by atoms with Gasteiger partial charge in [0.1, 0.15) is 0 Å². The van der Waals surface area contributed by atoms with Crippen LogP contribution in [0.25, 0.3) is 0 Å². The molecule has 7 heteroatoms. The molecule has 2 rings (SSSR count). The number of nitrogens with one attached hydrogen (secondary N) is 1. The summed E-state index contributed by atoms with van der Waals surface area (Å²) in [4.78, 5) is 11.7. The molecular weight excluding hydrogens is 340 g/mol. The van der Waals surface area contributed by atoms with Gasteiger partial charge in [0.2, 0.25) is 0 Å². The average Bonchev–Trinajstić information content (AvgIpc) is 2.44. The lowest BCUT2D eigenvalue weighted by Gasteiger charge is -2.02. The number of carbonyl (C=O) groups excluding carboxylic acids is 1. The molecule has 5 N–H and O–H groups in total. The Morgan fingerprint density at radius 2 is 1.76 bits per heavy atom. The third-order valence-corrected chi connectivity index (χ3v) is 3.02. The van der Waals surface area contributed by atoms with Crippen molar-refractivity contribution in [3.63, 3.8) is 0 Å². The molecule has 0 unspecified atom stereocenters. The lowest BCUT2D eigenvalue weighted by molar-refractivity contribution is 0.0954. The Labute approximate surface area is 129 Å². The molecule has 6 nitrogen and oxygen atoms in total. The molecule has 2 aromatic rings. The van der Waals surface area contributed by atoms with Gasteiger partial charge in [-0.1, -0.05) is 28.1 Å². The summed E-state index contributed by atoms with van der Waals surface area (Å²) in [5, 5.41) is 22.3. The summed E-state index contributed by atoms with van der Waals surface area (Å²) in [6.07, 6.45) is 1.50. The maximum atomic E-state index is 11.7. The Balaban J connectivity index is 0.00000220. The zero-order valence-corrected chi connectivity index (χ0v) is 12.3. The highest BCUT2D eigenvalue weighted by atomic mass is 79.9. The van der Waals surface area contributed by atoms with Crippen LogP contribution < -0.4 is 5.43 Å². The normalized spacial score (nSPS) is 10.1. The minimum atomic E-state index is -0.478. The van der Waals surface area contributed by atoms with E-state index in [4.69, 9.17) is 5.11 Å². The van der Waals surface area contributed by atoms with Crippen LogP contribution >= 0.6 is 15.9 Å². The number of aromatic hydroxyl groups is 2. The van der Waals surface area contributed by atoms with E-state index in [0.29, 0.717) is 0 Å². The molecule has 0 aromatic heterocycles. The van der Waals surface area contributed by atoms with Crippen molar-refractivity contribution in [2.24, 2.45) is 5.10 Å². The first-order valence-electron chi connectivity index (χ1n) is 5.67. The monoisotopic (exact) mass is 352 g/mol. The Morgan fingerprint density at radius 3 is 2.38 bits per heavy atom. The van der Waals surface area contributed by atoms with E-state index in [1.807, 2.05) is 24.3 Å². The number of carbonyl (C=O) groups is 1. The first kappa shape index (κ1) is 16.7. The number of hydrazone groups is 1. The number of phenolic OH excluding ortho intramolecular Hbond substituents is 2. The van der Waals surface area contributed by atoms with Gasteiger partial charge in [-0.2, -0.15) is 5.10 Å². The molecular formula is C14H13BrN2O4. The smallest absolute Gasteiger partial charge is 0.271 e. The summed E-state index contributed by atoms with van der Waals surface area (Å²) in [7, 11) is 0. The fourth-order valence-corrected chi connectivity index (χ4v) is 1.71. The fourth-order valence-electron chi connectivity index (χ4n) is 1.44. The molecule has 0 aliphatic rings. The first-order valence-corrected chi connectivity index (χ1v) is 6.46. The molecule has 0 bridgehead atoms. The van der Waals surface area contributed by atoms with Crippen LogP contribution in [0.15, 0.2) is 52.0 Å². The van der Waals surface area contributed by atoms with E-state index >= 15 is 0 Å².